The predicted molar refractivity (Wildman–Crippen MR) is 179 cm³/mol. The summed E-state index contributed by atoms with van der Waals surface area (Å²) in [5.41, 5.74) is 7.24. The van der Waals surface area contributed by atoms with E-state index in [-0.39, 0.29) is 41.4 Å². The Bertz CT molecular complexity index is 1520. The number of primary amides is 1. The molecule has 1 aromatic rings. The van der Waals surface area contributed by atoms with E-state index < -0.39 is 53.9 Å². The zero-order valence-corrected chi connectivity index (χ0v) is 28.6. The monoisotopic (exact) mass is 665 g/mol. The number of aliphatic hydroxyl groups excluding tert-OH is 1. The van der Waals surface area contributed by atoms with Gasteiger partial charge < -0.3 is 40.4 Å². The number of benzene rings is 1. The fourth-order valence-electron chi connectivity index (χ4n) is 5.75. The van der Waals surface area contributed by atoms with Gasteiger partial charge in [-0.25, -0.2) is 4.79 Å². The fraction of sp³-hybridized carbons (Fsp3) is 0.444. The molecule has 0 aromatic heterocycles. The number of ketones is 2. The van der Waals surface area contributed by atoms with E-state index in [2.05, 4.69) is 10.6 Å². The number of methoxy groups -OCH3 is 3. The minimum atomic E-state index is -1.00. The number of carbonyl (C=O) groups is 4. The Hall–Kier alpha value is -4.52. The first kappa shape index (κ1) is 37.9. The van der Waals surface area contributed by atoms with Crippen LogP contribution in [0.5, 0.6) is 5.75 Å². The van der Waals surface area contributed by atoms with Crippen molar-refractivity contribution in [1.29, 1.82) is 0 Å². The molecule has 12 heteroatoms. The number of carbonyl (C=O) groups excluding carboxylic acids is 4. The number of hydrogen-bond donors (Lipinski definition) is 4. The van der Waals surface area contributed by atoms with Gasteiger partial charge in [0.1, 0.15) is 11.9 Å². The second-order valence-electron chi connectivity index (χ2n) is 12.1. The van der Waals surface area contributed by atoms with Gasteiger partial charge in [-0.05, 0) is 55.9 Å². The van der Waals surface area contributed by atoms with Crippen molar-refractivity contribution in [3.8, 4) is 5.75 Å². The zero-order valence-electron chi connectivity index (χ0n) is 28.6. The van der Waals surface area contributed by atoms with Crippen LogP contribution in [-0.2, 0) is 35.1 Å². The molecular weight excluding hydrogens is 618 g/mol. The van der Waals surface area contributed by atoms with Crippen LogP contribution in [0.25, 0.3) is 0 Å². The van der Waals surface area contributed by atoms with E-state index >= 15 is 0 Å². The minimum absolute atomic E-state index is 0.140. The Morgan fingerprint density at radius 1 is 1.10 bits per heavy atom. The number of rotatable bonds is 7. The Labute approximate surface area is 281 Å². The van der Waals surface area contributed by atoms with Gasteiger partial charge in [0, 0.05) is 43.9 Å². The van der Waals surface area contributed by atoms with Crippen LogP contribution >= 0.6 is 0 Å². The highest BCUT2D eigenvalue weighted by Gasteiger charge is 2.33. The number of fused-ring (bicyclic) bond motifs is 2. The molecule has 0 spiro atoms. The lowest BCUT2D eigenvalue weighted by molar-refractivity contribution is -0.120. The Morgan fingerprint density at radius 3 is 2.48 bits per heavy atom. The van der Waals surface area contributed by atoms with Crippen molar-refractivity contribution in [2.75, 3.05) is 21.3 Å². The molecule has 0 saturated carbocycles. The first-order valence-corrected chi connectivity index (χ1v) is 15.7. The molecule has 0 fully saturated rings. The van der Waals surface area contributed by atoms with Crippen LogP contribution in [0.2, 0.25) is 0 Å². The summed E-state index contributed by atoms with van der Waals surface area (Å²) >= 11 is 0. The quantitative estimate of drug-likeness (QED) is 0.249. The summed E-state index contributed by atoms with van der Waals surface area (Å²) in [4.78, 5) is 52.4. The smallest absolute Gasteiger partial charge is 0.405 e. The molecule has 48 heavy (non-hydrogen) atoms. The van der Waals surface area contributed by atoms with Crippen LogP contribution in [-0.4, -0.2) is 74.4 Å². The van der Waals surface area contributed by atoms with Gasteiger partial charge in [-0.3, -0.25) is 14.4 Å². The topological polar surface area (TPSA) is 176 Å². The van der Waals surface area contributed by atoms with Crippen molar-refractivity contribution in [3.05, 3.63) is 88.3 Å². The standard InChI is InChI=1S/C36H47N3O9/c1-20-14-26-31(38-19-24-11-9-12-25(17-24)45-5)28(40)18-27(33(26)42)39-35(43)21(2)10-8-13-29(46-6)34(48-36(37)44)23(4)16-22(3)32(41)30(15-20)47-7/h8-13,16-18,20,22,29-30,32,34,38,41H,14-15,19H2,1-7H3,(H2,37,44)(H,39,43)/b13-8-,21-10+,23-16+/t20-,22+,29+,30+,32-,34+/m1/s1. The predicted octanol–water partition coefficient (Wildman–Crippen LogP) is 3.56. The molecule has 0 radical (unpaired) electrons. The summed E-state index contributed by atoms with van der Waals surface area (Å²) in [5.74, 6) is -1.58. The Balaban J connectivity index is 2.06. The average molecular weight is 666 g/mol. The van der Waals surface area contributed by atoms with Gasteiger partial charge in [0.15, 0.2) is 6.10 Å². The fourth-order valence-corrected chi connectivity index (χ4v) is 5.75. The summed E-state index contributed by atoms with van der Waals surface area (Å²) in [6.45, 7) is 7.24. The van der Waals surface area contributed by atoms with Crippen LogP contribution in [0.4, 0.5) is 4.79 Å². The molecule has 3 rings (SSSR count). The second-order valence-corrected chi connectivity index (χ2v) is 12.1. The van der Waals surface area contributed by atoms with E-state index in [0.717, 1.165) is 11.6 Å². The van der Waals surface area contributed by atoms with Crippen LogP contribution in [0, 0.1) is 11.8 Å². The summed E-state index contributed by atoms with van der Waals surface area (Å²) in [6.07, 6.45) is 3.67. The molecule has 6 atom stereocenters. The van der Waals surface area contributed by atoms with Gasteiger partial charge in [0.05, 0.1) is 30.7 Å². The zero-order chi connectivity index (χ0) is 35.5. The van der Waals surface area contributed by atoms with Crippen molar-refractivity contribution >= 4 is 23.6 Å². The maximum Gasteiger partial charge on any atom is 0.405 e. The van der Waals surface area contributed by atoms with E-state index in [1.807, 2.05) is 25.1 Å². The molecule has 1 heterocycles. The molecule has 12 nitrogen and oxygen atoms in total. The van der Waals surface area contributed by atoms with Crippen molar-refractivity contribution in [2.45, 2.75) is 71.5 Å². The number of nitrogens with one attached hydrogen (secondary N) is 2. The molecular formula is C36H47N3O9. The lowest BCUT2D eigenvalue weighted by Gasteiger charge is -2.30. The van der Waals surface area contributed by atoms with E-state index in [1.54, 1.807) is 52.2 Å². The second kappa shape index (κ2) is 17.6. The molecule has 2 amide bonds. The van der Waals surface area contributed by atoms with Crippen LogP contribution in [0.3, 0.4) is 0 Å². The van der Waals surface area contributed by atoms with Crippen molar-refractivity contribution in [3.63, 3.8) is 0 Å². The first-order valence-electron chi connectivity index (χ1n) is 15.7. The van der Waals surface area contributed by atoms with E-state index in [9.17, 15) is 24.3 Å². The highest BCUT2D eigenvalue weighted by Crippen LogP contribution is 2.29. The number of amides is 2. The van der Waals surface area contributed by atoms with Crippen molar-refractivity contribution in [1.82, 2.24) is 10.6 Å². The third kappa shape index (κ3) is 9.99. The normalized spacial score (nSPS) is 29.1. The van der Waals surface area contributed by atoms with E-state index in [0.29, 0.717) is 17.7 Å². The number of aliphatic hydroxyl groups is 1. The van der Waals surface area contributed by atoms with E-state index in [1.165, 1.54) is 20.3 Å². The van der Waals surface area contributed by atoms with Gasteiger partial charge in [-0.1, -0.05) is 50.3 Å². The maximum atomic E-state index is 13.9. The molecule has 1 aromatic carbocycles. The summed E-state index contributed by atoms with van der Waals surface area (Å²) in [7, 11) is 4.49. The highest BCUT2D eigenvalue weighted by atomic mass is 16.6. The molecule has 0 saturated heterocycles. The molecule has 5 N–H and O–H groups in total. The summed E-state index contributed by atoms with van der Waals surface area (Å²) in [6, 6.07) is 7.33. The van der Waals surface area contributed by atoms with Gasteiger partial charge in [-0.15, -0.1) is 0 Å². The lowest BCUT2D eigenvalue weighted by Crippen LogP contribution is -2.37. The molecule has 1 aliphatic heterocycles. The number of Topliss-reactive ketones (excluding diaryl/α,β-unsaturated/α-hetero) is 1. The van der Waals surface area contributed by atoms with E-state index in [4.69, 9.17) is 24.7 Å². The SMILES string of the molecule is COc1cccc(CNC2=C3C[C@@H](C)C[C@H](OC)[C@H](O)[C@@H](C)/C=C(\C)[C@H](OC(N)=O)[C@@H](OC)/C=C\C=C(/C)C(=O)NC(=CC2=O)C3=O)c1. The van der Waals surface area contributed by atoms with Gasteiger partial charge >= 0.3 is 6.09 Å². The van der Waals surface area contributed by atoms with Crippen molar-refractivity contribution < 1.29 is 43.2 Å². The van der Waals surface area contributed by atoms with Gasteiger partial charge in [0.25, 0.3) is 5.91 Å². The number of nitrogens with two attached hydrogens (primary N) is 1. The van der Waals surface area contributed by atoms with Gasteiger partial charge in [0.2, 0.25) is 11.6 Å². The molecule has 260 valence electrons. The van der Waals surface area contributed by atoms with Gasteiger partial charge in [-0.2, -0.15) is 0 Å². The summed E-state index contributed by atoms with van der Waals surface area (Å²) in [5, 5.41) is 17.1. The third-order valence-corrected chi connectivity index (χ3v) is 8.40. The molecule has 1 aliphatic carbocycles. The maximum absolute atomic E-state index is 13.9. The number of hydrogen-bond acceptors (Lipinski definition) is 10. The number of allylic oxidation sites excluding steroid dienone is 4. The number of ether oxygens (including phenoxy) is 4. The average Bonchev–Trinajstić information content (AvgIpc) is 3.05. The minimum Gasteiger partial charge on any atom is -0.497 e. The highest BCUT2D eigenvalue weighted by molar-refractivity contribution is 6.23. The first-order chi connectivity index (χ1) is 22.8. The summed E-state index contributed by atoms with van der Waals surface area (Å²) < 4.78 is 22.0. The molecule has 2 aliphatic rings. The molecule has 2 bridgehead atoms. The van der Waals surface area contributed by atoms with Crippen LogP contribution in [0.15, 0.2) is 82.8 Å². The van der Waals surface area contributed by atoms with Crippen LogP contribution in [0.1, 0.15) is 46.1 Å². The lowest BCUT2D eigenvalue weighted by atomic mass is 9.85. The Kier molecular flexibility index (Phi) is 13.9. The Morgan fingerprint density at radius 2 is 1.83 bits per heavy atom. The third-order valence-electron chi connectivity index (χ3n) is 8.40. The van der Waals surface area contributed by atoms with Crippen LogP contribution < -0.4 is 21.1 Å². The molecule has 0 unspecified atom stereocenters. The van der Waals surface area contributed by atoms with Crippen molar-refractivity contribution in [2.24, 2.45) is 17.6 Å². The largest absolute Gasteiger partial charge is 0.497 e.